The number of amidine groups is 1. The highest BCUT2D eigenvalue weighted by molar-refractivity contribution is 6.19. The average molecular weight is 422 g/mol. The summed E-state index contributed by atoms with van der Waals surface area (Å²) in [4.78, 5) is 21.5. The number of rotatable bonds is 3. The van der Waals surface area contributed by atoms with Crippen LogP contribution in [-0.4, -0.2) is 29.7 Å². The summed E-state index contributed by atoms with van der Waals surface area (Å²) in [5, 5.41) is 19.9. The Kier molecular flexibility index (Phi) is 5.72. The lowest BCUT2D eigenvalue weighted by Crippen LogP contribution is -2.29. The minimum absolute atomic E-state index is 0.298. The van der Waals surface area contributed by atoms with E-state index in [1.54, 1.807) is 24.3 Å². The maximum atomic E-state index is 12.8. The molecule has 0 saturated carbocycles. The molecule has 0 spiro atoms. The fourth-order valence-corrected chi connectivity index (χ4v) is 3.20. The molecule has 1 atom stereocenters. The van der Waals surface area contributed by atoms with Crippen LogP contribution in [-0.2, 0) is 9.53 Å². The molecule has 32 heavy (non-hydrogen) atoms. The largest absolute Gasteiger partial charge is 0.407 e. The van der Waals surface area contributed by atoms with Gasteiger partial charge in [0.2, 0.25) is 12.1 Å². The number of benzodiazepines with no additional fused rings is 1. The molecule has 1 heterocycles. The molecular formula is C24H18N6O2. The minimum Gasteiger partial charge on any atom is -0.407 e. The number of hydrogen-bond donors (Lipinski definition) is 3. The lowest BCUT2D eigenvalue weighted by molar-refractivity contribution is -0.117. The molecular weight excluding hydrogens is 404 g/mol. The zero-order valence-corrected chi connectivity index (χ0v) is 16.8. The van der Waals surface area contributed by atoms with Crippen molar-refractivity contribution in [2.75, 3.05) is 5.32 Å². The van der Waals surface area contributed by atoms with Gasteiger partial charge in [-0.3, -0.25) is 10.2 Å². The molecule has 3 aromatic rings. The highest BCUT2D eigenvalue weighted by Gasteiger charge is 2.26. The predicted molar refractivity (Wildman–Crippen MR) is 122 cm³/mol. The number of ether oxygens (including phenoxy) is 1. The van der Waals surface area contributed by atoms with Crippen LogP contribution in [0.1, 0.15) is 22.3 Å². The van der Waals surface area contributed by atoms with Crippen molar-refractivity contribution in [3.8, 4) is 6.07 Å². The smallest absolute Gasteiger partial charge is 0.291 e. The van der Waals surface area contributed by atoms with Gasteiger partial charge in [-0.2, -0.15) is 10.3 Å². The van der Waals surface area contributed by atoms with Crippen LogP contribution in [0.2, 0.25) is 0 Å². The Morgan fingerprint density at radius 1 is 1.09 bits per heavy atom. The van der Waals surface area contributed by atoms with Crippen molar-refractivity contribution in [1.82, 2.24) is 0 Å². The van der Waals surface area contributed by atoms with Crippen molar-refractivity contribution in [3.63, 3.8) is 0 Å². The van der Waals surface area contributed by atoms with Gasteiger partial charge in [0.25, 0.3) is 11.9 Å². The first-order valence-corrected chi connectivity index (χ1v) is 9.69. The van der Waals surface area contributed by atoms with Crippen LogP contribution in [0.5, 0.6) is 0 Å². The maximum Gasteiger partial charge on any atom is 0.291 e. The number of fused-ring (bicyclic) bond motifs is 1. The molecule has 0 fully saturated rings. The highest BCUT2D eigenvalue weighted by atomic mass is 16.5. The number of carbonyl (C=O) groups is 1. The third kappa shape index (κ3) is 4.37. The third-order valence-electron chi connectivity index (χ3n) is 4.68. The molecule has 1 aliphatic rings. The fraction of sp³-hybridized carbons (Fsp3) is 0.0417. The standard InChI is InChI=1S/C24H18N6O2/c25-14-15-7-6-10-17(13-15)21(26)32-24(27)30-22-23(31)28-19-12-5-4-11-18(19)20(29-22)16-8-2-1-3-9-16/h1-13,22,26H,(H2,27,30)(H,28,31). The Balaban J connectivity index is 1.66. The summed E-state index contributed by atoms with van der Waals surface area (Å²) in [5.74, 6) is -0.777. The molecule has 0 bridgehead atoms. The summed E-state index contributed by atoms with van der Waals surface area (Å²) in [5.41, 5.74) is 9.39. The Hall–Kier alpha value is -4.77. The first kappa shape index (κ1) is 20.5. The Morgan fingerprint density at radius 2 is 1.84 bits per heavy atom. The van der Waals surface area contributed by atoms with E-state index in [-0.39, 0.29) is 11.9 Å². The molecule has 1 amide bonds. The van der Waals surface area contributed by atoms with Crippen molar-refractivity contribution in [3.05, 3.63) is 101 Å². The van der Waals surface area contributed by atoms with Gasteiger partial charge >= 0.3 is 0 Å². The molecule has 8 nitrogen and oxygen atoms in total. The number of nitrogens with zero attached hydrogens (tertiary/aromatic N) is 3. The minimum atomic E-state index is -1.21. The number of nitrogens with two attached hydrogens (primary N) is 1. The summed E-state index contributed by atoms with van der Waals surface area (Å²) in [7, 11) is 0. The molecule has 156 valence electrons. The molecule has 0 radical (unpaired) electrons. The van der Waals surface area contributed by atoms with Gasteiger partial charge in [0.15, 0.2) is 0 Å². The normalized spacial score (nSPS) is 15.5. The summed E-state index contributed by atoms with van der Waals surface area (Å²) in [6, 6.07) is 24.7. The van der Waals surface area contributed by atoms with Gasteiger partial charge in [-0.15, -0.1) is 0 Å². The van der Waals surface area contributed by atoms with Gasteiger partial charge in [-0.05, 0) is 24.3 Å². The molecule has 0 aromatic heterocycles. The van der Waals surface area contributed by atoms with E-state index in [4.69, 9.17) is 21.1 Å². The Labute approximate surface area is 184 Å². The van der Waals surface area contributed by atoms with Gasteiger partial charge in [0, 0.05) is 16.7 Å². The van der Waals surface area contributed by atoms with E-state index >= 15 is 0 Å². The molecule has 4 rings (SSSR count). The number of carbonyl (C=O) groups excluding carboxylic acids is 1. The SMILES string of the molecule is N#Cc1cccc(C(=N)O/C(N)=N/C2N=C(c3ccccc3)c3ccccc3NC2=O)c1. The molecule has 3 aromatic carbocycles. The molecule has 0 aliphatic carbocycles. The summed E-state index contributed by atoms with van der Waals surface area (Å²) >= 11 is 0. The third-order valence-corrected chi connectivity index (χ3v) is 4.68. The number of para-hydroxylation sites is 1. The Bertz CT molecular complexity index is 1290. The van der Waals surface area contributed by atoms with Crippen LogP contribution in [0.3, 0.4) is 0 Å². The van der Waals surface area contributed by atoms with Gasteiger partial charge < -0.3 is 15.8 Å². The fourth-order valence-electron chi connectivity index (χ4n) is 3.20. The topological polar surface area (TPSA) is 137 Å². The van der Waals surface area contributed by atoms with Crippen LogP contribution >= 0.6 is 0 Å². The number of nitrogens with one attached hydrogen (secondary N) is 2. The second-order valence-electron chi connectivity index (χ2n) is 6.84. The number of aliphatic imine (C=N–C) groups is 2. The van der Waals surface area contributed by atoms with E-state index in [2.05, 4.69) is 15.3 Å². The second kappa shape index (κ2) is 8.93. The zero-order chi connectivity index (χ0) is 22.5. The van der Waals surface area contributed by atoms with Crippen LogP contribution in [0, 0.1) is 16.7 Å². The highest BCUT2D eigenvalue weighted by Crippen LogP contribution is 2.24. The first-order valence-electron chi connectivity index (χ1n) is 9.69. The molecule has 0 saturated heterocycles. The van der Waals surface area contributed by atoms with Crippen molar-refractivity contribution < 1.29 is 9.53 Å². The Morgan fingerprint density at radius 3 is 2.62 bits per heavy atom. The number of anilines is 1. The van der Waals surface area contributed by atoms with E-state index in [1.807, 2.05) is 54.6 Å². The lowest BCUT2D eigenvalue weighted by atomic mass is 10.0. The monoisotopic (exact) mass is 422 g/mol. The molecule has 1 unspecified atom stereocenters. The van der Waals surface area contributed by atoms with Crippen molar-refractivity contribution in [2.24, 2.45) is 15.7 Å². The van der Waals surface area contributed by atoms with E-state index < -0.39 is 12.1 Å². The van der Waals surface area contributed by atoms with Gasteiger partial charge in [-0.1, -0.05) is 54.6 Å². The van der Waals surface area contributed by atoms with Gasteiger partial charge in [0.1, 0.15) is 0 Å². The van der Waals surface area contributed by atoms with Crippen molar-refractivity contribution in [1.29, 1.82) is 10.7 Å². The second-order valence-corrected chi connectivity index (χ2v) is 6.84. The van der Waals surface area contributed by atoms with Crippen LogP contribution in [0.25, 0.3) is 0 Å². The first-order chi connectivity index (χ1) is 15.5. The van der Waals surface area contributed by atoms with Crippen molar-refractivity contribution >= 4 is 29.2 Å². The van der Waals surface area contributed by atoms with E-state index in [0.29, 0.717) is 22.5 Å². The van der Waals surface area contributed by atoms with Crippen LogP contribution < -0.4 is 11.1 Å². The molecule has 4 N–H and O–H groups in total. The number of benzene rings is 3. The number of hydrogen-bond acceptors (Lipinski definition) is 6. The number of amides is 1. The summed E-state index contributed by atoms with van der Waals surface area (Å²) in [6.07, 6.45) is -1.21. The van der Waals surface area contributed by atoms with E-state index in [1.165, 1.54) is 6.07 Å². The molecule has 8 heteroatoms. The summed E-state index contributed by atoms with van der Waals surface area (Å²) in [6.45, 7) is 0. The van der Waals surface area contributed by atoms with Crippen LogP contribution in [0.4, 0.5) is 5.69 Å². The summed E-state index contributed by atoms with van der Waals surface area (Å²) < 4.78 is 5.30. The van der Waals surface area contributed by atoms with E-state index in [0.717, 1.165) is 11.1 Å². The maximum absolute atomic E-state index is 12.8. The lowest BCUT2D eigenvalue weighted by Gasteiger charge is -2.10. The average Bonchev–Trinajstić information content (AvgIpc) is 2.96. The zero-order valence-electron chi connectivity index (χ0n) is 16.8. The molecule has 1 aliphatic heterocycles. The van der Waals surface area contributed by atoms with Gasteiger partial charge in [-0.25, -0.2) is 4.99 Å². The number of nitriles is 1. The van der Waals surface area contributed by atoms with Crippen molar-refractivity contribution in [2.45, 2.75) is 6.17 Å². The predicted octanol–water partition coefficient (Wildman–Crippen LogP) is 3.03. The van der Waals surface area contributed by atoms with Gasteiger partial charge in [0.05, 0.1) is 23.0 Å². The van der Waals surface area contributed by atoms with E-state index in [9.17, 15) is 4.79 Å². The quantitative estimate of drug-likeness (QED) is 0.441. The van der Waals surface area contributed by atoms with Crippen LogP contribution in [0.15, 0.2) is 88.8 Å².